The highest BCUT2D eigenvalue weighted by atomic mass is 16.5. The Labute approximate surface area is 152 Å². The van der Waals surface area contributed by atoms with Crippen LogP contribution in [0.4, 0.5) is 5.82 Å². The number of pyridine rings is 1. The Balaban J connectivity index is 1.71. The SMILES string of the molecule is COc1ccc([C@@H](Nc2nc(C)nc3ccccc23)C2CC(O)C2)cn1. The zero-order chi connectivity index (χ0) is 18.1. The number of rotatable bonds is 5. The second kappa shape index (κ2) is 6.88. The predicted molar refractivity (Wildman–Crippen MR) is 100 cm³/mol. The van der Waals surface area contributed by atoms with E-state index in [-0.39, 0.29) is 12.1 Å². The Morgan fingerprint density at radius 2 is 1.96 bits per heavy atom. The summed E-state index contributed by atoms with van der Waals surface area (Å²) in [6.07, 6.45) is 3.15. The molecule has 1 atom stereocenters. The van der Waals surface area contributed by atoms with Gasteiger partial charge in [-0.15, -0.1) is 0 Å². The van der Waals surface area contributed by atoms with E-state index >= 15 is 0 Å². The Morgan fingerprint density at radius 1 is 1.15 bits per heavy atom. The maximum atomic E-state index is 9.79. The van der Waals surface area contributed by atoms with Crippen molar-refractivity contribution in [2.75, 3.05) is 12.4 Å². The molecular formula is C20H22N4O2. The summed E-state index contributed by atoms with van der Waals surface area (Å²) in [5.74, 6) is 2.46. The molecule has 3 aromatic rings. The molecule has 1 aromatic carbocycles. The van der Waals surface area contributed by atoms with Crippen LogP contribution < -0.4 is 10.1 Å². The highest BCUT2D eigenvalue weighted by Crippen LogP contribution is 2.40. The van der Waals surface area contributed by atoms with Gasteiger partial charge in [-0.2, -0.15) is 0 Å². The minimum absolute atomic E-state index is 0.0227. The molecule has 0 unspecified atom stereocenters. The molecule has 0 amide bonds. The molecule has 134 valence electrons. The highest BCUT2D eigenvalue weighted by Gasteiger charge is 2.35. The van der Waals surface area contributed by atoms with E-state index in [9.17, 15) is 5.11 Å². The van der Waals surface area contributed by atoms with Gasteiger partial charge >= 0.3 is 0 Å². The molecule has 26 heavy (non-hydrogen) atoms. The quantitative estimate of drug-likeness (QED) is 0.735. The van der Waals surface area contributed by atoms with Gasteiger partial charge in [0.15, 0.2) is 0 Å². The van der Waals surface area contributed by atoms with Crippen LogP contribution in [0.15, 0.2) is 42.6 Å². The van der Waals surface area contributed by atoms with Gasteiger partial charge in [0.2, 0.25) is 5.88 Å². The first-order valence-electron chi connectivity index (χ1n) is 8.82. The van der Waals surface area contributed by atoms with Gasteiger partial charge in [-0.05, 0) is 43.4 Å². The number of ether oxygens (including phenoxy) is 1. The van der Waals surface area contributed by atoms with Gasteiger partial charge in [-0.25, -0.2) is 15.0 Å². The minimum Gasteiger partial charge on any atom is -0.481 e. The average Bonchev–Trinajstić information content (AvgIpc) is 2.64. The lowest BCUT2D eigenvalue weighted by molar-refractivity contribution is 0.0339. The van der Waals surface area contributed by atoms with E-state index in [1.54, 1.807) is 7.11 Å². The zero-order valence-corrected chi connectivity index (χ0v) is 14.9. The lowest BCUT2D eigenvalue weighted by Gasteiger charge is -2.38. The number of nitrogens with one attached hydrogen (secondary N) is 1. The summed E-state index contributed by atoms with van der Waals surface area (Å²) in [5, 5.41) is 14.4. The molecule has 0 radical (unpaired) electrons. The summed E-state index contributed by atoms with van der Waals surface area (Å²) in [6, 6.07) is 11.9. The third-order valence-electron chi connectivity index (χ3n) is 4.96. The van der Waals surface area contributed by atoms with E-state index in [0.29, 0.717) is 11.8 Å². The van der Waals surface area contributed by atoms with Crippen molar-refractivity contribution >= 4 is 16.7 Å². The van der Waals surface area contributed by atoms with Crippen molar-refractivity contribution in [3.05, 3.63) is 54.0 Å². The highest BCUT2D eigenvalue weighted by molar-refractivity contribution is 5.89. The smallest absolute Gasteiger partial charge is 0.212 e. The lowest BCUT2D eigenvalue weighted by atomic mass is 9.75. The van der Waals surface area contributed by atoms with Crippen LogP contribution in [0.25, 0.3) is 10.9 Å². The lowest BCUT2D eigenvalue weighted by Crippen LogP contribution is -2.36. The summed E-state index contributed by atoms with van der Waals surface area (Å²) in [7, 11) is 1.61. The minimum atomic E-state index is -0.223. The van der Waals surface area contributed by atoms with Gasteiger partial charge in [0.05, 0.1) is 24.8 Å². The van der Waals surface area contributed by atoms with Gasteiger partial charge in [0.25, 0.3) is 0 Å². The van der Waals surface area contributed by atoms with E-state index in [1.807, 2.05) is 49.5 Å². The first-order chi connectivity index (χ1) is 12.6. The van der Waals surface area contributed by atoms with Crippen LogP contribution in [0.1, 0.15) is 30.3 Å². The monoisotopic (exact) mass is 350 g/mol. The second-order valence-electron chi connectivity index (χ2n) is 6.78. The maximum Gasteiger partial charge on any atom is 0.212 e. The van der Waals surface area contributed by atoms with Crippen LogP contribution in [0.3, 0.4) is 0 Å². The number of aromatic nitrogens is 3. The molecule has 1 saturated carbocycles. The number of anilines is 1. The third-order valence-corrected chi connectivity index (χ3v) is 4.96. The number of aliphatic hydroxyl groups excluding tert-OH is 1. The molecule has 1 aliphatic rings. The maximum absolute atomic E-state index is 9.79. The van der Waals surface area contributed by atoms with Crippen LogP contribution in [0, 0.1) is 12.8 Å². The topological polar surface area (TPSA) is 80.2 Å². The van der Waals surface area contributed by atoms with Crippen molar-refractivity contribution in [3.63, 3.8) is 0 Å². The Morgan fingerprint density at radius 3 is 2.65 bits per heavy atom. The molecule has 2 N–H and O–H groups in total. The van der Waals surface area contributed by atoms with E-state index in [2.05, 4.69) is 20.3 Å². The second-order valence-corrected chi connectivity index (χ2v) is 6.78. The Hall–Kier alpha value is -2.73. The van der Waals surface area contributed by atoms with Crippen molar-refractivity contribution in [2.24, 2.45) is 5.92 Å². The molecule has 0 spiro atoms. The molecular weight excluding hydrogens is 328 g/mol. The van der Waals surface area contributed by atoms with E-state index in [0.717, 1.165) is 41.0 Å². The first-order valence-corrected chi connectivity index (χ1v) is 8.82. The Kier molecular flexibility index (Phi) is 4.42. The van der Waals surface area contributed by atoms with E-state index in [4.69, 9.17) is 4.74 Å². The van der Waals surface area contributed by atoms with Gasteiger partial charge < -0.3 is 15.2 Å². The molecule has 4 rings (SSSR count). The number of benzene rings is 1. The molecule has 6 heteroatoms. The van der Waals surface area contributed by atoms with Gasteiger partial charge in [-0.3, -0.25) is 0 Å². The predicted octanol–water partition coefficient (Wildman–Crippen LogP) is 3.27. The van der Waals surface area contributed by atoms with Crippen molar-refractivity contribution in [1.82, 2.24) is 15.0 Å². The summed E-state index contributed by atoms with van der Waals surface area (Å²) in [6.45, 7) is 1.90. The number of aliphatic hydroxyl groups is 1. The third kappa shape index (κ3) is 3.20. The number of hydrogen-bond acceptors (Lipinski definition) is 6. The van der Waals surface area contributed by atoms with E-state index in [1.165, 1.54) is 0 Å². The van der Waals surface area contributed by atoms with Crippen LogP contribution in [-0.2, 0) is 0 Å². The number of hydrogen-bond donors (Lipinski definition) is 2. The van der Waals surface area contributed by atoms with Crippen molar-refractivity contribution in [2.45, 2.75) is 31.9 Å². The van der Waals surface area contributed by atoms with Gasteiger partial charge in [0.1, 0.15) is 11.6 Å². The normalized spacial score (nSPS) is 20.4. The number of fused-ring (bicyclic) bond motifs is 1. The van der Waals surface area contributed by atoms with Crippen LogP contribution >= 0.6 is 0 Å². The van der Waals surface area contributed by atoms with Crippen molar-refractivity contribution in [3.8, 4) is 5.88 Å². The zero-order valence-electron chi connectivity index (χ0n) is 14.9. The molecule has 0 aliphatic heterocycles. The number of aryl methyl sites for hydroxylation is 1. The first kappa shape index (κ1) is 16.7. The molecule has 0 bridgehead atoms. The fourth-order valence-corrected chi connectivity index (χ4v) is 3.52. The fourth-order valence-electron chi connectivity index (χ4n) is 3.52. The molecule has 2 heterocycles. The molecule has 1 aliphatic carbocycles. The summed E-state index contributed by atoms with van der Waals surface area (Å²) in [4.78, 5) is 13.5. The average molecular weight is 350 g/mol. The molecule has 2 aromatic heterocycles. The molecule has 0 saturated heterocycles. The standard InChI is InChI=1S/C20H22N4O2/c1-12-22-17-6-4-3-5-16(17)20(23-12)24-19(14-9-15(25)10-14)13-7-8-18(26-2)21-11-13/h3-8,11,14-15,19,25H,9-10H2,1-2H3,(H,22,23,24)/t14?,15?,19-/m1/s1. The molecule has 6 nitrogen and oxygen atoms in total. The van der Waals surface area contributed by atoms with Gasteiger partial charge in [0, 0.05) is 17.6 Å². The summed E-state index contributed by atoms with van der Waals surface area (Å²) < 4.78 is 5.17. The van der Waals surface area contributed by atoms with Crippen LogP contribution in [0.5, 0.6) is 5.88 Å². The van der Waals surface area contributed by atoms with Crippen molar-refractivity contribution in [1.29, 1.82) is 0 Å². The van der Waals surface area contributed by atoms with Gasteiger partial charge in [-0.1, -0.05) is 18.2 Å². The van der Waals surface area contributed by atoms with Crippen LogP contribution in [-0.4, -0.2) is 33.3 Å². The van der Waals surface area contributed by atoms with Crippen LogP contribution in [0.2, 0.25) is 0 Å². The fraction of sp³-hybridized carbons (Fsp3) is 0.350. The summed E-state index contributed by atoms with van der Waals surface area (Å²) >= 11 is 0. The largest absolute Gasteiger partial charge is 0.481 e. The van der Waals surface area contributed by atoms with E-state index < -0.39 is 0 Å². The number of nitrogens with zero attached hydrogens (tertiary/aromatic N) is 3. The molecule has 1 fully saturated rings. The summed E-state index contributed by atoms with van der Waals surface area (Å²) in [5.41, 5.74) is 1.98. The van der Waals surface area contributed by atoms with Crippen molar-refractivity contribution < 1.29 is 9.84 Å². The number of methoxy groups -OCH3 is 1. The number of para-hydroxylation sites is 1. The Bertz CT molecular complexity index is 907.